The molecule has 4 aliphatic rings. The Kier molecular flexibility index (Phi) is 3.65. The van der Waals surface area contributed by atoms with Crippen LogP contribution in [0.4, 0.5) is 5.69 Å². The highest BCUT2D eigenvalue weighted by Gasteiger charge is 2.53. The molecule has 0 aliphatic heterocycles. The molecule has 1 N–H and O–H groups in total. The molecule has 1 atom stereocenters. The zero-order valence-corrected chi connectivity index (χ0v) is 15.7. The lowest BCUT2D eigenvalue weighted by molar-refractivity contribution is -0.0602. The van der Waals surface area contributed by atoms with Gasteiger partial charge < -0.3 is 5.32 Å². The number of anilines is 1. The van der Waals surface area contributed by atoms with Crippen molar-refractivity contribution >= 4 is 37.5 Å². The highest BCUT2D eigenvalue weighted by atomic mass is 79.9. The third-order valence-electron chi connectivity index (χ3n) is 6.30. The van der Waals surface area contributed by atoms with Gasteiger partial charge in [-0.2, -0.15) is 0 Å². The summed E-state index contributed by atoms with van der Waals surface area (Å²) in [4.78, 5) is 0. The van der Waals surface area contributed by atoms with Gasteiger partial charge >= 0.3 is 0 Å². The van der Waals surface area contributed by atoms with Crippen LogP contribution in [0.5, 0.6) is 0 Å². The van der Waals surface area contributed by atoms with Crippen molar-refractivity contribution in [2.45, 2.75) is 51.5 Å². The van der Waals surface area contributed by atoms with Crippen molar-refractivity contribution in [1.82, 2.24) is 0 Å². The Labute approximate surface area is 144 Å². The lowest BCUT2D eigenvalue weighted by atomic mass is 9.48. The van der Waals surface area contributed by atoms with Gasteiger partial charge in [-0.15, -0.1) is 0 Å². The summed E-state index contributed by atoms with van der Waals surface area (Å²) in [7, 11) is 0. The molecule has 0 saturated heterocycles. The zero-order chi connectivity index (χ0) is 14.6. The second-order valence-corrected chi connectivity index (χ2v) is 9.54. The van der Waals surface area contributed by atoms with Crippen LogP contribution in [0.2, 0.25) is 0 Å². The van der Waals surface area contributed by atoms with E-state index < -0.39 is 0 Å². The third-order valence-corrected chi connectivity index (χ3v) is 7.49. The fourth-order valence-corrected chi connectivity index (χ4v) is 6.42. The van der Waals surface area contributed by atoms with E-state index in [1.165, 1.54) is 48.7 Å². The van der Waals surface area contributed by atoms with E-state index in [4.69, 9.17) is 0 Å². The largest absolute Gasteiger partial charge is 0.381 e. The van der Waals surface area contributed by atoms with E-state index in [9.17, 15) is 0 Å². The van der Waals surface area contributed by atoms with Crippen LogP contribution < -0.4 is 5.32 Å². The van der Waals surface area contributed by atoms with Gasteiger partial charge in [-0.1, -0.05) is 15.9 Å². The molecule has 21 heavy (non-hydrogen) atoms. The number of nitrogens with one attached hydrogen (secondary N) is 1. The number of halogens is 2. The van der Waals surface area contributed by atoms with Crippen LogP contribution in [0.3, 0.4) is 0 Å². The van der Waals surface area contributed by atoms with Gasteiger partial charge in [0.05, 0.1) is 0 Å². The maximum Gasteiger partial charge on any atom is 0.0498 e. The first kappa shape index (κ1) is 14.6. The molecule has 0 spiro atoms. The smallest absolute Gasteiger partial charge is 0.0498 e. The molecule has 4 saturated carbocycles. The number of benzene rings is 1. The molecule has 5 rings (SSSR count). The molecular formula is C18H23Br2N. The lowest BCUT2D eigenvalue weighted by Crippen LogP contribution is -2.52. The molecule has 1 aromatic carbocycles. The first-order valence-electron chi connectivity index (χ1n) is 8.26. The van der Waals surface area contributed by atoms with Crippen LogP contribution in [-0.2, 0) is 0 Å². The van der Waals surface area contributed by atoms with E-state index in [1.807, 2.05) is 0 Å². The standard InChI is InChI=1S/C18H23Br2N/c1-11(21-17-7-15(19)2-3-16(17)20)18-8-12-4-13(9-18)6-14(5-12)10-18/h2-3,7,11-14,21H,4-6,8-10H2,1H3. The topological polar surface area (TPSA) is 12.0 Å². The van der Waals surface area contributed by atoms with Gasteiger partial charge in [-0.3, -0.25) is 0 Å². The number of hydrogen-bond donors (Lipinski definition) is 1. The minimum absolute atomic E-state index is 0.552. The number of hydrogen-bond acceptors (Lipinski definition) is 1. The van der Waals surface area contributed by atoms with Crippen LogP contribution in [0.15, 0.2) is 27.1 Å². The molecule has 1 aromatic rings. The van der Waals surface area contributed by atoms with Crippen molar-refractivity contribution in [3.63, 3.8) is 0 Å². The Morgan fingerprint density at radius 2 is 1.62 bits per heavy atom. The fourth-order valence-electron chi connectivity index (χ4n) is 5.70. The van der Waals surface area contributed by atoms with Crippen LogP contribution in [-0.4, -0.2) is 6.04 Å². The molecule has 1 unspecified atom stereocenters. The summed E-state index contributed by atoms with van der Waals surface area (Å²) in [6, 6.07) is 6.97. The second kappa shape index (κ2) is 5.26. The van der Waals surface area contributed by atoms with E-state index in [0.717, 1.165) is 22.2 Å². The maximum atomic E-state index is 3.83. The highest BCUT2D eigenvalue weighted by Crippen LogP contribution is 2.61. The average molecular weight is 413 g/mol. The molecule has 1 nitrogen and oxygen atoms in total. The molecule has 4 fully saturated rings. The monoisotopic (exact) mass is 411 g/mol. The van der Waals surface area contributed by atoms with Gasteiger partial charge in [0.15, 0.2) is 0 Å². The van der Waals surface area contributed by atoms with Gasteiger partial charge in [0, 0.05) is 20.7 Å². The minimum atomic E-state index is 0.552. The fraction of sp³-hybridized carbons (Fsp3) is 0.667. The first-order valence-corrected chi connectivity index (χ1v) is 9.84. The average Bonchev–Trinajstić information content (AvgIpc) is 2.41. The molecule has 0 radical (unpaired) electrons. The predicted octanol–water partition coefficient (Wildman–Crippen LogP) is 6.23. The van der Waals surface area contributed by atoms with E-state index in [2.05, 4.69) is 62.3 Å². The summed E-state index contributed by atoms with van der Waals surface area (Å²) in [5.41, 5.74) is 1.78. The van der Waals surface area contributed by atoms with Gasteiger partial charge in [0.25, 0.3) is 0 Å². The molecule has 4 bridgehead atoms. The van der Waals surface area contributed by atoms with Gasteiger partial charge in [0.2, 0.25) is 0 Å². The number of rotatable bonds is 3. The maximum absolute atomic E-state index is 3.83. The summed E-state index contributed by atoms with van der Waals surface area (Å²) in [6.45, 7) is 2.42. The van der Waals surface area contributed by atoms with E-state index in [0.29, 0.717) is 11.5 Å². The van der Waals surface area contributed by atoms with Crippen molar-refractivity contribution in [1.29, 1.82) is 0 Å². The molecule has 3 heteroatoms. The molecule has 114 valence electrons. The Morgan fingerprint density at radius 3 is 2.19 bits per heavy atom. The van der Waals surface area contributed by atoms with Crippen molar-refractivity contribution in [3.8, 4) is 0 Å². The Balaban J connectivity index is 1.57. The summed E-state index contributed by atoms with van der Waals surface area (Å²) in [5.74, 6) is 3.06. The van der Waals surface area contributed by atoms with Crippen LogP contribution in [0.25, 0.3) is 0 Å². The van der Waals surface area contributed by atoms with Crippen LogP contribution >= 0.6 is 31.9 Å². The highest BCUT2D eigenvalue weighted by molar-refractivity contribution is 9.11. The second-order valence-electron chi connectivity index (χ2n) is 7.77. The zero-order valence-electron chi connectivity index (χ0n) is 12.5. The van der Waals surface area contributed by atoms with Gasteiger partial charge in [0.1, 0.15) is 0 Å². The summed E-state index contributed by atoms with van der Waals surface area (Å²) >= 11 is 7.27. The minimum Gasteiger partial charge on any atom is -0.381 e. The van der Waals surface area contributed by atoms with Gasteiger partial charge in [-0.05, 0) is 103 Å². The quantitative estimate of drug-likeness (QED) is 0.620. The first-order chi connectivity index (χ1) is 10.0. The molecule has 0 aromatic heterocycles. The Bertz CT molecular complexity index is 519. The molecular weight excluding hydrogens is 390 g/mol. The lowest BCUT2D eigenvalue weighted by Gasteiger charge is -2.59. The van der Waals surface area contributed by atoms with Crippen molar-refractivity contribution in [2.75, 3.05) is 5.32 Å². The van der Waals surface area contributed by atoms with E-state index in [1.54, 1.807) is 0 Å². The SMILES string of the molecule is CC(Nc1cc(Br)ccc1Br)C12CC3CC(CC(C3)C1)C2. The summed E-state index contributed by atoms with van der Waals surface area (Å²) in [6.07, 6.45) is 8.93. The van der Waals surface area contributed by atoms with Crippen LogP contribution in [0, 0.1) is 23.2 Å². The van der Waals surface area contributed by atoms with Gasteiger partial charge in [-0.25, -0.2) is 0 Å². The third kappa shape index (κ3) is 2.59. The van der Waals surface area contributed by atoms with Crippen molar-refractivity contribution in [3.05, 3.63) is 27.1 Å². The van der Waals surface area contributed by atoms with Crippen molar-refractivity contribution < 1.29 is 0 Å². The van der Waals surface area contributed by atoms with E-state index >= 15 is 0 Å². The molecule has 0 amide bonds. The Hall–Kier alpha value is -0.0200. The Morgan fingerprint density at radius 1 is 1.05 bits per heavy atom. The predicted molar refractivity (Wildman–Crippen MR) is 95.5 cm³/mol. The molecule has 4 aliphatic carbocycles. The van der Waals surface area contributed by atoms with Crippen LogP contribution in [0.1, 0.15) is 45.4 Å². The van der Waals surface area contributed by atoms with E-state index in [-0.39, 0.29) is 0 Å². The summed E-state index contributed by atoms with van der Waals surface area (Å²) < 4.78 is 2.31. The summed E-state index contributed by atoms with van der Waals surface area (Å²) in [5, 5.41) is 3.83. The normalized spacial score (nSPS) is 38.5. The van der Waals surface area contributed by atoms with Crippen molar-refractivity contribution in [2.24, 2.45) is 23.2 Å². The molecule has 0 heterocycles.